The molecule has 168 valence electrons. The smallest absolute Gasteiger partial charge is 0.415 e. The SMILES string of the molecule is COCc1cc(=O)n(Cc2cc3c(cc2F)[C@@](C#CC2CC2)(C(F)(F)F)OC(=O)N3)cn1. The highest BCUT2D eigenvalue weighted by Gasteiger charge is 2.62. The van der Waals surface area contributed by atoms with Gasteiger partial charge in [0.05, 0.1) is 30.9 Å². The van der Waals surface area contributed by atoms with Crippen LogP contribution >= 0.6 is 0 Å². The zero-order valence-corrected chi connectivity index (χ0v) is 16.8. The summed E-state index contributed by atoms with van der Waals surface area (Å²) in [6.07, 6.45) is -3.98. The van der Waals surface area contributed by atoms with E-state index in [9.17, 15) is 27.2 Å². The van der Waals surface area contributed by atoms with Crippen molar-refractivity contribution >= 4 is 11.8 Å². The summed E-state index contributed by atoms with van der Waals surface area (Å²) in [6, 6.07) is 2.88. The first-order valence-corrected chi connectivity index (χ1v) is 9.59. The number of carbonyl (C=O) groups excluding carboxylic acids is 1. The Morgan fingerprint density at radius 3 is 2.69 bits per heavy atom. The van der Waals surface area contributed by atoms with Gasteiger partial charge < -0.3 is 9.47 Å². The number of anilines is 1. The molecular weight excluding hydrogens is 434 g/mol. The topological polar surface area (TPSA) is 82.5 Å². The number of carbonyl (C=O) groups is 1. The lowest BCUT2D eigenvalue weighted by molar-refractivity contribution is -0.239. The molecule has 32 heavy (non-hydrogen) atoms. The molecule has 0 radical (unpaired) electrons. The molecule has 7 nitrogen and oxygen atoms in total. The van der Waals surface area contributed by atoms with Crippen LogP contribution in [0.5, 0.6) is 0 Å². The quantitative estimate of drug-likeness (QED) is 0.570. The van der Waals surface area contributed by atoms with Crippen LogP contribution in [0.15, 0.2) is 29.3 Å². The fourth-order valence-electron chi connectivity index (χ4n) is 3.26. The first kappa shape index (κ1) is 21.8. The fourth-order valence-corrected chi connectivity index (χ4v) is 3.26. The first-order chi connectivity index (χ1) is 15.1. The lowest BCUT2D eigenvalue weighted by Crippen LogP contribution is -2.49. The van der Waals surface area contributed by atoms with Crippen molar-refractivity contribution in [3.05, 3.63) is 57.5 Å². The second kappa shape index (κ2) is 7.94. The van der Waals surface area contributed by atoms with Crippen LogP contribution in [-0.4, -0.2) is 28.9 Å². The van der Waals surface area contributed by atoms with Gasteiger partial charge in [-0.1, -0.05) is 5.92 Å². The van der Waals surface area contributed by atoms with Crippen LogP contribution in [0.1, 0.15) is 29.7 Å². The maximum absolute atomic E-state index is 14.9. The minimum atomic E-state index is -5.10. The molecule has 11 heteroatoms. The van der Waals surface area contributed by atoms with Crippen molar-refractivity contribution in [3.8, 4) is 11.8 Å². The molecule has 0 unspecified atom stereocenters. The van der Waals surface area contributed by atoms with Gasteiger partial charge in [0.25, 0.3) is 11.2 Å². The molecule has 0 spiro atoms. The van der Waals surface area contributed by atoms with E-state index in [1.807, 2.05) is 5.92 Å². The molecule has 1 aliphatic heterocycles. The highest BCUT2D eigenvalue weighted by atomic mass is 19.4. The lowest BCUT2D eigenvalue weighted by atomic mass is 9.89. The van der Waals surface area contributed by atoms with Gasteiger partial charge in [0, 0.05) is 30.2 Å². The van der Waals surface area contributed by atoms with Crippen LogP contribution in [0.25, 0.3) is 0 Å². The molecule has 1 saturated carbocycles. The molecule has 1 aromatic heterocycles. The Morgan fingerprint density at radius 1 is 1.31 bits per heavy atom. The average Bonchev–Trinajstić information content (AvgIpc) is 3.53. The Morgan fingerprint density at radius 2 is 2.06 bits per heavy atom. The van der Waals surface area contributed by atoms with Crippen molar-refractivity contribution in [2.24, 2.45) is 5.92 Å². The zero-order valence-electron chi connectivity index (χ0n) is 16.8. The Balaban J connectivity index is 1.76. The number of halogens is 4. The normalized spacial score (nSPS) is 20.0. The summed E-state index contributed by atoms with van der Waals surface area (Å²) in [5, 5.41) is 2.17. The fraction of sp³-hybridized carbons (Fsp3) is 0.381. The summed E-state index contributed by atoms with van der Waals surface area (Å²) in [5.41, 5.74) is -4.49. The molecule has 1 atom stereocenters. The van der Waals surface area contributed by atoms with Crippen molar-refractivity contribution in [3.63, 3.8) is 0 Å². The van der Waals surface area contributed by atoms with Crippen molar-refractivity contribution in [1.29, 1.82) is 0 Å². The van der Waals surface area contributed by atoms with Gasteiger partial charge in [-0.2, -0.15) is 13.2 Å². The molecular formula is C21H17F4N3O4. The number of hydrogen-bond donors (Lipinski definition) is 1. The standard InChI is InChI=1S/C21H17F4N3O4/c1-31-10-14-7-18(29)28(11-26-14)9-13-6-17-15(8-16(13)22)20(21(23,24)25,32-19(30)27-17)5-4-12-2-3-12/h6-8,11-12H,2-3,9-10H2,1H3,(H,27,30)/t20-/m0/s1. The van der Waals surface area contributed by atoms with E-state index in [1.54, 1.807) is 0 Å². The number of cyclic esters (lactones) is 1. The summed E-state index contributed by atoms with van der Waals surface area (Å²) >= 11 is 0. The summed E-state index contributed by atoms with van der Waals surface area (Å²) in [5.74, 6) is 3.29. The second-order valence-corrected chi connectivity index (χ2v) is 7.51. The maximum Gasteiger partial charge on any atom is 0.445 e. The van der Waals surface area contributed by atoms with E-state index in [1.165, 1.54) is 19.5 Å². The van der Waals surface area contributed by atoms with Crippen LogP contribution in [0.3, 0.4) is 0 Å². The van der Waals surface area contributed by atoms with Crippen molar-refractivity contribution < 1.29 is 31.8 Å². The Labute approximate surface area is 179 Å². The number of hydrogen-bond acceptors (Lipinski definition) is 5. The monoisotopic (exact) mass is 451 g/mol. The predicted octanol–water partition coefficient (Wildman–Crippen LogP) is 3.31. The van der Waals surface area contributed by atoms with Gasteiger partial charge in [-0.05, 0) is 30.9 Å². The third-order valence-electron chi connectivity index (χ3n) is 5.05. The van der Waals surface area contributed by atoms with Crippen molar-refractivity contribution in [1.82, 2.24) is 9.55 Å². The summed E-state index contributed by atoms with van der Waals surface area (Å²) in [4.78, 5) is 28.2. The molecule has 4 rings (SSSR count). The molecule has 1 aliphatic carbocycles. The van der Waals surface area contributed by atoms with E-state index in [-0.39, 0.29) is 30.3 Å². The number of benzene rings is 1. The second-order valence-electron chi connectivity index (χ2n) is 7.51. The highest BCUT2D eigenvalue weighted by Crippen LogP contribution is 2.48. The molecule has 1 N–H and O–H groups in total. The van der Waals surface area contributed by atoms with E-state index in [0.29, 0.717) is 24.6 Å². The zero-order chi connectivity index (χ0) is 23.1. The molecule has 0 bridgehead atoms. The molecule has 2 aromatic rings. The Bertz CT molecular complexity index is 1190. The van der Waals surface area contributed by atoms with Crippen LogP contribution < -0.4 is 10.9 Å². The summed E-state index contributed by atoms with van der Waals surface area (Å²) in [6.45, 7) is -0.210. The summed E-state index contributed by atoms with van der Waals surface area (Å²) < 4.78 is 67.7. The number of ether oxygens (including phenoxy) is 2. The van der Waals surface area contributed by atoms with Crippen LogP contribution in [-0.2, 0) is 28.2 Å². The molecule has 1 fully saturated rings. The minimum Gasteiger partial charge on any atom is -0.415 e. The number of rotatable bonds is 4. The van der Waals surface area contributed by atoms with Gasteiger partial charge in [-0.15, -0.1) is 0 Å². The molecule has 2 heterocycles. The number of fused-ring (bicyclic) bond motifs is 1. The Kier molecular flexibility index (Phi) is 5.42. The average molecular weight is 451 g/mol. The van der Waals surface area contributed by atoms with Crippen LogP contribution in [0.4, 0.5) is 28.0 Å². The number of nitrogens with one attached hydrogen (secondary N) is 1. The molecule has 1 aromatic carbocycles. The van der Waals surface area contributed by atoms with Gasteiger partial charge in [-0.25, -0.2) is 14.2 Å². The number of alkyl halides is 3. The Hall–Kier alpha value is -3.39. The molecule has 1 amide bonds. The van der Waals surface area contributed by atoms with Gasteiger partial charge in [0.15, 0.2) is 0 Å². The molecule has 2 aliphatic rings. The number of nitrogens with zero attached hydrogens (tertiary/aromatic N) is 2. The van der Waals surface area contributed by atoms with Crippen LogP contribution in [0, 0.1) is 23.6 Å². The number of aromatic nitrogens is 2. The third-order valence-corrected chi connectivity index (χ3v) is 5.05. The number of methoxy groups -OCH3 is 1. The highest BCUT2D eigenvalue weighted by molar-refractivity contribution is 5.90. The van der Waals surface area contributed by atoms with Crippen molar-refractivity contribution in [2.45, 2.75) is 37.8 Å². The molecule has 0 saturated heterocycles. The van der Waals surface area contributed by atoms with Crippen molar-refractivity contribution in [2.75, 3.05) is 12.4 Å². The van der Waals surface area contributed by atoms with Gasteiger partial charge in [0.2, 0.25) is 0 Å². The first-order valence-electron chi connectivity index (χ1n) is 9.59. The predicted molar refractivity (Wildman–Crippen MR) is 103 cm³/mol. The maximum atomic E-state index is 14.9. The largest absolute Gasteiger partial charge is 0.445 e. The minimum absolute atomic E-state index is 0.108. The summed E-state index contributed by atoms with van der Waals surface area (Å²) in [7, 11) is 1.43. The van der Waals surface area contributed by atoms with Gasteiger partial charge >= 0.3 is 12.3 Å². The third kappa shape index (κ3) is 4.05. The number of amides is 1. The van der Waals surface area contributed by atoms with Crippen LogP contribution in [0.2, 0.25) is 0 Å². The van der Waals surface area contributed by atoms with E-state index >= 15 is 0 Å². The van der Waals surface area contributed by atoms with Gasteiger partial charge in [0.1, 0.15) is 5.82 Å². The van der Waals surface area contributed by atoms with E-state index in [0.717, 1.165) is 10.6 Å². The van der Waals surface area contributed by atoms with E-state index in [4.69, 9.17) is 4.74 Å². The lowest BCUT2D eigenvalue weighted by Gasteiger charge is -2.36. The van der Waals surface area contributed by atoms with E-state index in [2.05, 4.69) is 21.0 Å². The van der Waals surface area contributed by atoms with Gasteiger partial charge in [-0.3, -0.25) is 14.7 Å². The van der Waals surface area contributed by atoms with E-state index < -0.39 is 34.8 Å².